The van der Waals surface area contributed by atoms with Crippen molar-refractivity contribution in [2.24, 2.45) is 11.8 Å². The van der Waals surface area contributed by atoms with Gasteiger partial charge < -0.3 is 19.1 Å². The standard InChI is InChI=1S/C23H30N2O7/c1-4-24(12-15-9-10-18(30-2)19(11-15)31-3)20(26)14-32-21(27)13-25-22(28)16-7-5-6-8-17(16)23(25)29/h9-11,16-17H,4-8,12-14H2,1-3H3. The van der Waals surface area contributed by atoms with Gasteiger partial charge in [-0.15, -0.1) is 0 Å². The third-order valence-electron chi connectivity index (χ3n) is 6.13. The molecule has 0 aromatic heterocycles. The molecule has 3 rings (SSSR count). The van der Waals surface area contributed by atoms with E-state index in [4.69, 9.17) is 14.2 Å². The summed E-state index contributed by atoms with van der Waals surface area (Å²) < 4.78 is 15.6. The third kappa shape index (κ3) is 5.03. The maximum atomic E-state index is 12.6. The van der Waals surface area contributed by atoms with E-state index in [1.165, 1.54) is 12.0 Å². The average molecular weight is 447 g/mol. The van der Waals surface area contributed by atoms with E-state index in [1.54, 1.807) is 19.2 Å². The molecule has 9 heteroatoms. The van der Waals surface area contributed by atoms with E-state index in [0.29, 0.717) is 37.4 Å². The Hall–Kier alpha value is -3.10. The van der Waals surface area contributed by atoms with Gasteiger partial charge in [0.05, 0.1) is 26.1 Å². The lowest BCUT2D eigenvalue weighted by Crippen LogP contribution is -2.39. The molecule has 3 amide bonds. The van der Waals surface area contributed by atoms with Crippen molar-refractivity contribution in [2.75, 3.05) is 33.9 Å². The van der Waals surface area contributed by atoms with Gasteiger partial charge in [0.25, 0.3) is 5.91 Å². The second kappa shape index (κ2) is 10.5. The van der Waals surface area contributed by atoms with Gasteiger partial charge in [0.15, 0.2) is 18.1 Å². The molecular weight excluding hydrogens is 416 g/mol. The summed E-state index contributed by atoms with van der Waals surface area (Å²) in [6.45, 7) is 1.64. The van der Waals surface area contributed by atoms with Crippen molar-refractivity contribution < 1.29 is 33.4 Å². The lowest BCUT2D eigenvalue weighted by molar-refractivity contribution is -0.156. The molecule has 0 radical (unpaired) electrons. The molecule has 1 aliphatic heterocycles. The molecule has 2 unspecified atom stereocenters. The highest BCUT2D eigenvalue weighted by Gasteiger charge is 2.48. The minimum Gasteiger partial charge on any atom is -0.493 e. The van der Waals surface area contributed by atoms with Crippen molar-refractivity contribution in [3.8, 4) is 11.5 Å². The summed E-state index contributed by atoms with van der Waals surface area (Å²) in [6, 6.07) is 5.37. The molecule has 0 N–H and O–H groups in total. The number of imide groups is 1. The van der Waals surface area contributed by atoms with Gasteiger partial charge in [-0.25, -0.2) is 0 Å². The molecule has 2 atom stereocenters. The van der Waals surface area contributed by atoms with Crippen LogP contribution in [0.15, 0.2) is 18.2 Å². The number of amides is 3. The van der Waals surface area contributed by atoms with Gasteiger partial charge in [-0.05, 0) is 37.5 Å². The number of likely N-dealkylation sites (tertiary alicyclic amines) is 1. The number of hydrogen-bond donors (Lipinski definition) is 0. The van der Waals surface area contributed by atoms with Gasteiger partial charge in [-0.3, -0.25) is 24.1 Å². The Bertz CT molecular complexity index is 861. The Morgan fingerprint density at radius 3 is 2.22 bits per heavy atom. The predicted octanol–water partition coefficient (Wildman–Crippen LogP) is 1.77. The zero-order chi connectivity index (χ0) is 23.3. The lowest BCUT2D eigenvalue weighted by atomic mass is 9.81. The van der Waals surface area contributed by atoms with Crippen LogP contribution in [0, 0.1) is 11.8 Å². The molecule has 1 heterocycles. The second-order valence-corrected chi connectivity index (χ2v) is 8.02. The van der Waals surface area contributed by atoms with Gasteiger partial charge in [-0.1, -0.05) is 18.9 Å². The Balaban J connectivity index is 1.53. The number of hydrogen-bond acceptors (Lipinski definition) is 7. The SMILES string of the molecule is CCN(Cc1ccc(OC)c(OC)c1)C(=O)COC(=O)CN1C(=O)C2CCCCC2C1=O. The van der Waals surface area contributed by atoms with Gasteiger partial charge in [0.1, 0.15) is 6.54 Å². The predicted molar refractivity (Wildman–Crippen MR) is 114 cm³/mol. The van der Waals surface area contributed by atoms with Crippen molar-refractivity contribution in [3.05, 3.63) is 23.8 Å². The minimum atomic E-state index is -0.763. The number of rotatable bonds is 9. The maximum Gasteiger partial charge on any atom is 0.326 e. The lowest BCUT2D eigenvalue weighted by Gasteiger charge is -2.22. The molecule has 1 aromatic rings. The monoisotopic (exact) mass is 446 g/mol. The first-order chi connectivity index (χ1) is 15.4. The van der Waals surface area contributed by atoms with Crippen molar-refractivity contribution in [1.82, 2.24) is 9.80 Å². The number of carbonyl (C=O) groups is 4. The van der Waals surface area contributed by atoms with Gasteiger partial charge in [-0.2, -0.15) is 0 Å². The Morgan fingerprint density at radius 1 is 1.03 bits per heavy atom. The number of methoxy groups -OCH3 is 2. The van der Waals surface area contributed by atoms with Gasteiger partial charge in [0.2, 0.25) is 11.8 Å². The zero-order valence-electron chi connectivity index (χ0n) is 18.8. The summed E-state index contributed by atoms with van der Waals surface area (Å²) in [7, 11) is 3.08. The van der Waals surface area contributed by atoms with Crippen LogP contribution in [-0.2, 0) is 30.5 Å². The number of esters is 1. The first-order valence-electron chi connectivity index (χ1n) is 10.9. The molecule has 1 aromatic carbocycles. The van der Waals surface area contributed by atoms with Gasteiger partial charge >= 0.3 is 5.97 Å². The van der Waals surface area contributed by atoms with E-state index < -0.39 is 19.1 Å². The normalized spacial score (nSPS) is 20.0. The van der Waals surface area contributed by atoms with Crippen LogP contribution in [0.25, 0.3) is 0 Å². The molecule has 9 nitrogen and oxygen atoms in total. The van der Waals surface area contributed by atoms with E-state index in [2.05, 4.69) is 0 Å². The fourth-order valence-corrected chi connectivity index (χ4v) is 4.37. The van der Waals surface area contributed by atoms with E-state index in [9.17, 15) is 19.2 Å². The first-order valence-corrected chi connectivity index (χ1v) is 10.9. The van der Waals surface area contributed by atoms with Crippen LogP contribution in [0.5, 0.6) is 11.5 Å². The molecule has 2 aliphatic rings. The van der Waals surface area contributed by atoms with E-state index in [1.807, 2.05) is 13.0 Å². The summed E-state index contributed by atoms with van der Waals surface area (Å²) >= 11 is 0. The summed E-state index contributed by atoms with van der Waals surface area (Å²) in [6.07, 6.45) is 3.20. The smallest absolute Gasteiger partial charge is 0.326 e. The summed E-state index contributed by atoms with van der Waals surface area (Å²) in [5.41, 5.74) is 0.833. The molecule has 174 valence electrons. The quantitative estimate of drug-likeness (QED) is 0.421. The van der Waals surface area contributed by atoms with Crippen molar-refractivity contribution >= 4 is 23.7 Å². The Kier molecular flexibility index (Phi) is 7.71. The molecule has 2 fully saturated rings. The average Bonchev–Trinajstić information content (AvgIpc) is 3.05. The highest BCUT2D eigenvalue weighted by atomic mass is 16.5. The number of benzene rings is 1. The zero-order valence-corrected chi connectivity index (χ0v) is 18.8. The summed E-state index contributed by atoms with van der Waals surface area (Å²) in [5.74, 6) is -1.22. The van der Waals surface area contributed by atoms with E-state index in [-0.39, 0.29) is 29.6 Å². The van der Waals surface area contributed by atoms with Crippen LogP contribution in [0.4, 0.5) is 0 Å². The van der Waals surface area contributed by atoms with Crippen LogP contribution >= 0.6 is 0 Å². The number of nitrogens with zero attached hydrogens (tertiary/aromatic N) is 2. The fourth-order valence-electron chi connectivity index (χ4n) is 4.37. The molecule has 0 bridgehead atoms. The minimum absolute atomic E-state index is 0.299. The number of fused-ring (bicyclic) bond motifs is 1. The molecular formula is C23H30N2O7. The van der Waals surface area contributed by atoms with Crippen molar-refractivity contribution in [3.63, 3.8) is 0 Å². The third-order valence-corrected chi connectivity index (χ3v) is 6.13. The summed E-state index contributed by atoms with van der Waals surface area (Å²) in [5, 5.41) is 0. The number of carbonyl (C=O) groups excluding carboxylic acids is 4. The van der Waals surface area contributed by atoms with Crippen LogP contribution in [-0.4, -0.2) is 67.4 Å². The molecule has 0 spiro atoms. The highest BCUT2D eigenvalue weighted by molar-refractivity contribution is 6.07. The van der Waals surface area contributed by atoms with Crippen molar-refractivity contribution in [2.45, 2.75) is 39.2 Å². The molecule has 1 saturated heterocycles. The van der Waals surface area contributed by atoms with E-state index in [0.717, 1.165) is 23.3 Å². The Morgan fingerprint density at radius 2 is 1.66 bits per heavy atom. The van der Waals surface area contributed by atoms with Crippen LogP contribution in [0.3, 0.4) is 0 Å². The van der Waals surface area contributed by atoms with E-state index >= 15 is 0 Å². The topological polar surface area (TPSA) is 102 Å². The van der Waals surface area contributed by atoms with Crippen molar-refractivity contribution in [1.29, 1.82) is 0 Å². The largest absolute Gasteiger partial charge is 0.493 e. The van der Waals surface area contributed by atoms with Crippen LogP contribution < -0.4 is 9.47 Å². The van der Waals surface area contributed by atoms with Crippen LogP contribution in [0.2, 0.25) is 0 Å². The first kappa shape index (κ1) is 23.6. The van der Waals surface area contributed by atoms with Crippen LogP contribution in [0.1, 0.15) is 38.2 Å². The second-order valence-electron chi connectivity index (χ2n) is 8.02. The highest BCUT2D eigenvalue weighted by Crippen LogP contribution is 2.37. The fraction of sp³-hybridized carbons (Fsp3) is 0.565. The maximum absolute atomic E-state index is 12.6. The molecule has 1 saturated carbocycles. The molecule has 32 heavy (non-hydrogen) atoms. The number of ether oxygens (including phenoxy) is 3. The number of likely N-dealkylation sites (N-methyl/N-ethyl adjacent to an activating group) is 1. The van der Waals surface area contributed by atoms with Gasteiger partial charge in [0, 0.05) is 13.1 Å². The Labute approximate surface area is 187 Å². The summed E-state index contributed by atoms with van der Waals surface area (Å²) in [4.78, 5) is 52.3. The molecule has 1 aliphatic carbocycles.